The van der Waals surface area contributed by atoms with Crippen LogP contribution in [0.25, 0.3) is 0 Å². The predicted octanol–water partition coefficient (Wildman–Crippen LogP) is 5.00. The van der Waals surface area contributed by atoms with Crippen molar-refractivity contribution >= 4 is 5.69 Å². The van der Waals surface area contributed by atoms with Crippen LogP contribution < -0.4 is 10.1 Å². The molecule has 0 bridgehead atoms. The molecule has 0 aliphatic heterocycles. The molecule has 0 heterocycles. The molecule has 0 aliphatic carbocycles. The lowest BCUT2D eigenvalue weighted by molar-refractivity contribution is 0.312. The largest absolute Gasteiger partial charge is 0.493 e. The Kier molecular flexibility index (Phi) is 5.68. The molecule has 0 atom stereocenters. The van der Waals surface area contributed by atoms with Gasteiger partial charge in [0, 0.05) is 12.2 Å². The van der Waals surface area contributed by atoms with E-state index >= 15 is 0 Å². The van der Waals surface area contributed by atoms with Crippen molar-refractivity contribution in [2.45, 2.75) is 33.1 Å². The van der Waals surface area contributed by atoms with E-state index in [9.17, 15) is 0 Å². The second-order valence-electron chi connectivity index (χ2n) is 5.67. The van der Waals surface area contributed by atoms with Gasteiger partial charge < -0.3 is 10.1 Å². The summed E-state index contributed by atoms with van der Waals surface area (Å²) in [7, 11) is 0. The van der Waals surface area contributed by atoms with E-state index in [1.165, 1.54) is 11.1 Å². The van der Waals surface area contributed by atoms with E-state index in [-0.39, 0.29) is 0 Å². The van der Waals surface area contributed by atoms with E-state index in [0.717, 1.165) is 31.0 Å². The highest BCUT2D eigenvalue weighted by molar-refractivity contribution is 5.42. The molecule has 0 unspecified atom stereocenters. The molecule has 2 aromatic carbocycles. The molecule has 0 saturated heterocycles. The summed E-state index contributed by atoms with van der Waals surface area (Å²) in [5.41, 5.74) is 3.70. The van der Waals surface area contributed by atoms with E-state index < -0.39 is 0 Å². The maximum Gasteiger partial charge on any atom is 0.122 e. The highest BCUT2D eigenvalue weighted by atomic mass is 16.5. The van der Waals surface area contributed by atoms with E-state index in [4.69, 9.17) is 4.74 Å². The number of aryl methyl sites for hydroxylation is 1. The molecule has 0 amide bonds. The van der Waals surface area contributed by atoms with Crippen LogP contribution in [0.15, 0.2) is 48.5 Å². The number of ether oxygens (including phenoxy) is 1. The predicted molar refractivity (Wildman–Crippen MR) is 90.3 cm³/mol. The van der Waals surface area contributed by atoms with E-state index in [0.29, 0.717) is 5.92 Å². The van der Waals surface area contributed by atoms with Crippen molar-refractivity contribution in [3.63, 3.8) is 0 Å². The van der Waals surface area contributed by atoms with Crippen LogP contribution in [-0.2, 0) is 0 Å². The standard InChI is InChI=1S/C19H25NO/c1-15(2)17-11-10-16(3)19(14-17)21-13-7-12-20-18-8-5-4-6-9-18/h4-6,8-11,14-15,20H,7,12-13H2,1-3H3. The van der Waals surface area contributed by atoms with Crippen LogP contribution in [0.5, 0.6) is 5.75 Å². The average Bonchev–Trinajstić information content (AvgIpc) is 2.49. The zero-order valence-corrected chi connectivity index (χ0v) is 13.2. The van der Waals surface area contributed by atoms with E-state index in [2.05, 4.69) is 56.4 Å². The Morgan fingerprint density at radius 1 is 1.05 bits per heavy atom. The first-order valence-electron chi connectivity index (χ1n) is 7.69. The summed E-state index contributed by atoms with van der Waals surface area (Å²) in [6, 6.07) is 16.8. The first kappa shape index (κ1) is 15.4. The highest BCUT2D eigenvalue weighted by Gasteiger charge is 2.04. The molecule has 0 spiro atoms. The smallest absolute Gasteiger partial charge is 0.122 e. The van der Waals surface area contributed by atoms with Gasteiger partial charge in [-0.25, -0.2) is 0 Å². The van der Waals surface area contributed by atoms with Crippen LogP contribution >= 0.6 is 0 Å². The Morgan fingerprint density at radius 2 is 1.81 bits per heavy atom. The minimum atomic E-state index is 0.535. The highest BCUT2D eigenvalue weighted by Crippen LogP contribution is 2.24. The fraction of sp³-hybridized carbons (Fsp3) is 0.368. The van der Waals surface area contributed by atoms with Gasteiger partial charge in [-0.15, -0.1) is 0 Å². The lowest BCUT2D eigenvalue weighted by Gasteiger charge is -2.13. The SMILES string of the molecule is Cc1ccc(C(C)C)cc1OCCCNc1ccccc1. The molecule has 21 heavy (non-hydrogen) atoms. The summed E-state index contributed by atoms with van der Waals surface area (Å²) in [4.78, 5) is 0. The van der Waals surface area contributed by atoms with Crippen molar-refractivity contribution in [3.05, 3.63) is 59.7 Å². The lowest BCUT2D eigenvalue weighted by Crippen LogP contribution is -2.07. The molecule has 0 fully saturated rings. The van der Waals surface area contributed by atoms with Crippen molar-refractivity contribution in [2.75, 3.05) is 18.5 Å². The van der Waals surface area contributed by atoms with Crippen LogP contribution in [0, 0.1) is 6.92 Å². The number of para-hydroxylation sites is 1. The van der Waals surface area contributed by atoms with Crippen LogP contribution in [-0.4, -0.2) is 13.2 Å². The molecule has 0 aromatic heterocycles. The molecular formula is C19H25NO. The van der Waals surface area contributed by atoms with E-state index in [1.54, 1.807) is 0 Å². The Hall–Kier alpha value is -1.96. The second kappa shape index (κ2) is 7.72. The molecule has 0 radical (unpaired) electrons. The molecule has 0 saturated carbocycles. The number of anilines is 1. The Morgan fingerprint density at radius 3 is 2.52 bits per heavy atom. The quantitative estimate of drug-likeness (QED) is 0.722. The minimum absolute atomic E-state index is 0.535. The zero-order valence-electron chi connectivity index (χ0n) is 13.2. The Bertz CT molecular complexity index is 549. The third-order valence-electron chi connectivity index (χ3n) is 3.56. The van der Waals surface area contributed by atoms with Crippen molar-refractivity contribution in [1.29, 1.82) is 0 Å². The third kappa shape index (κ3) is 4.82. The van der Waals surface area contributed by atoms with Crippen LogP contribution in [0.2, 0.25) is 0 Å². The van der Waals surface area contributed by atoms with Gasteiger partial charge in [-0.05, 0) is 48.6 Å². The van der Waals surface area contributed by atoms with Crippen molar-refractivity contribution in [1.82, 2.24) is 0 Å². The fourth-order valence-corrected chi connectivity index (χ4v) is 2.17. The molecule has 0 aliphatic rings. The molecule has 1 N–H and O–H groups in total. The number of benzene rings is 2. The fourth-order valence-electron chi connectivity index (χ4n) is 2.17. The van der Waals surface area contributed by atoms with Crippen molar-refractivity contribution in [3.8, 4) is 5.75 Å². The van der Waals surface area contributed by atoms with Gasteiger partial charge in [-0.3, -0.25) is 0 Å². The van der Waals surface area contributed by atoms with Gasteiger partial charge in [-0.2, -0.15) is 0 Å². The molecule has 2 aromatic rings. The maximum absolute atomic E-state index is 5.93. The van der Waals surface area contributed by atoms with Gasteiger partial charge in [0.25, 0.3) is 0 Å². The van der Waals surface area contributed by atoms with Gasteiger partial charge >= 0.3 is 0 Å². The molecule has 2 rings (SSSR count). The number of nitrogens with one attached hydrogen (secondary N) is 1. The molecule has 112 valence electrons. The van der Waals surface area contributed by atoms with Gasteiger partial charge in [0.2, 0.25) is 0 Å². The topological polar surface area (TPSA) is 21.3 Å². The summed E-state index contributed by atoms with van der Waals surface area (Å²) < 4.78 is 5.93. The Balaban J connectivity index is 1.77. The molecule has 2 nitrogen and oxygen atoms in total. The average molecular weight is 283 g/mol. The summed E-state index contributed by atoms with van der Waals surface area (Å²) in [5, 5.41) is 3.40. The Labute approximate surface area is 128 Å². The van der Waals surface area contributed by atoms with Crippen LogP contribution in [0.4, 0.5) is 5.69 Å². The maximum atomic E-state index is 5.93. The number of rotatable bonds is 7. The summed E-state index contributed by atoms with van der Waals surface area (Å²) in [6.45, 7) is 8.17. The molecule has 2 heteroatoms. The van der Waals surface area contributed by atoms with Gasteiger partial charge in [-0.1, -0.05) is 44.2 Å². The normalized spacial score (nSPS) is 10.7. The summed E-state index contributed by atoms with van der Waals surface area (Å²) >= 11 is 0. The van der Waals surface area contributed by atoms with Crippen LogP contribution in [0.3, 0.4) is 0 Å². The minimum Gasteiger partial charge on any atom is -0.493 e. The second-order valence-corrected chi connectivity index (χ2v) is 5.67. The zero-order chi connectivity index (χ0) is 15.1. The van der Waals surface area contributed by atoms with E-state index in [1.807, 2.05) is 18.2 Å². The third-order valence-corrected chi connectivity index (χ3v) is 3.56. The first-order valence-corrected chi connectivity index (χ1v) is 7.69. The molecular weight excluding hydrogens is 258 g/mol. The van der Waals surface area contributed by atoms with Crippen LogP contribution in [0.1, 0.15) is 37.3 Å². The number of hydrogen-bond acceptors (Lipinski definition) is 2. The van der Waals surface area contributed by atoms with Gasteiger partial charge in [0.05, 0.1) is 6.61 Å². The van der Waals surface area contributed by atoms with Gasteiger partial charge in [0.15, 0.2) is 0 Å². The van der Waals surface area contributed by atoms with Gasteiger partial charge in [0.1, 0.15) is 5.75 Å². The number of hydrogen-bond donors (Lipinski definition) is 1. The summed E-state index contributed by atoms with van der Waals surface area (Å²) in [6.07, 6.45) is 0.986. The summed E-state index contributed by atoms with van der Waals surface area (Å²) in [5.74, 6) is 1.55. The van der Waals surface area contributed by atoms with Crippen molar-refractivity contribution in [2.24, 2.45) is 0 Å². The monoisotopic (exact) mass is 283 g/mol. The first-order chi connectivity index (χ1) is 10.2. The lowest BCUT2D eigenvalue weighted by atomic mass is 10.0. The van der Waals surface area contributed by atoms with Crippen molar-refractivity contribution < 1.29 is 4.74 Å².